The molecule has 0 amide bonds. The SMILES string of the molecule is CCOC(=O)C(C)(C)CP(=O)(OC[C@H]1O[C@@H](n2ccc(=O)[nH]c2=O)[C@](Cl)(Br)[C@@H]1O)Oc1cccc(F)c1. The first-order valence-electron chi connectivity index (χ1n) is 11.1. The topological polar surface area (TPSA) is 146 Å². The van der Waals surface area contributed by atoms with E-state index in [0.29, 0.717) is 0 Å². The van der Waals surface area contributed by atoms with Crippen molar-refractivity contribution in [1.29, 1.82) is 0 Å². The summed E-state index contributed by atoms with van der Waals surface area (Å²) in [5, 5.41) is 10.8. The van der Waals surface area contributed by atoms with Gasteiger partial charge in [0.25, 0.3) is 5.56 Å². The summed E-state index contributed by atoms with van der Waals surface area (Å²) in [5.74, 6) is -1.42. The van der Waals surface area contributed by atoms with Crippen LogP contribution in [0.1, 0.15) is 27.0 Å². The molecular formula is C22H26BrClFN2O9P. The van der Waals surface area contributed by atoms with Gasteiger partial charge in [-0.15, -0.1) is 0 Å². The van der Waals surface area contributed by atoms with Crippen molar-refractivity contribution in [3.05, 3.63) is 63.2 Å². The van der Waals surface area contributed by atoms with Crippen molar-refractivity contribution < 1.29 is 37.4 Å². The summed E-state index contributed by atoms with van der Waals surface area (Å²) in [6, 6.07) is 5.93. The average Bonchev–Trinajstić information content (AvgIpc) is 3.01. The molecule has 0 spiro atoms. The van der Waals surface area contributed by atoms with Gasteiger partial charge in [-0.2, -0.15) is 0 Å². The van der Waals surface area contributed by atoms with Crippen molar-refractivity contribution in [2.45, 2.75) is 43.0 Å². The Bertz CT molecular complexity index is 1300. The monoisotopic (exact) mass is 626 g/mol. The van der Waals surface area contributed by atoms with Gasteiger partial charge in [-0.25, -0.2) is 13.8 Å². The Kier molecular flexibility index (Phi) is 9.09. The van der Waals surface area contributed by atoms with Crippen LogP contribution >= 0.6 is 35.1 Å². The number of aromatic amines is 1. The quantitative estimate of drug-likeness (QED) is 0.230. The number of hydrogen-bond acceptors (Lipinski definition) is 9. The number of halogens is 3. The molecule has 1 aliphatic rings. The number of benzene rings is 1. The highest BCUT2D eigenvalue weighted by Gasteiger charge is 2.56. The smallest absolute Gasteiger partial charge is 0.380 e. The minimum Gasteiger partial charge on any atom is -0.466 e. The fraction of sp³-hybridized carbons (Fsp3) is 0.500. The zero-order valence-electron chi connectivity index (χ0n) is 20.1. The highest BCUT2D eigenvalue weighted by atomic mass is 79.9. The molecule has 1 aromatic carbocycles. The fourth-order valence-corrected chi connectivity index (χ4v) is 6.60. The second-order valence-electron chi connectivity index (χ2n) is 8.88. The van der Waals surface area contributed by atoms with Gasteiger partial charge in [-0.05, 0) is 32.9 Å². The zero-order chi connectivity index (χ0) is 27.6. The van der Waals surface area contributed by atoms with Crippen molar-refractivity contribution in [2.24, 2.45) is 5.41 Å². The van der Waals surface area contributed by atoms with E-state index in [1.165, 1.54) is 32.0 Å². The molecular weight excluding hydrogens is 602 g/mol. The molecule has 5 atom stereocenters. The summed E-state index contributed by atoms with van der Waals surface area (Å²) < 4.78 is 48.7. The molecule has 15 heteroatoms. The lowest BCUT2D eigenvalue weighted by atomic mass is 9.97. The standard InChI is InChI=1S/C22H26BrClFN2O9P/c1-4-33-19(30)21(2,3)12-37(32,36-14-7-5-6-13(25)10-14)34-11-15-17(29)22(23,24)18(35-15)27-9-8-16(28)26-20(27)31/h5-10,15,17-18,29H,4,11-12H2,1-3H3,(H,26,28,31)/t15-,17-,18-,22+,37?/m1/s1. The van der Waals surface area contributed by atoms with Crippen LogP contribution in [0.3, 0.4) is 0 Å². The highest BCUT2D eigenvalue weighted by molar-refractivity contribution is 9.10. The third kappa shape index (κ3) is 6.90. The Balaban J connectivity index is 1.86. The predicted octanol–water partition coefficient (Wildman–Crippen LogP) is 3.14. The van der Waals surface area contributed by atoms with E-state index >= 15 is 0 Å². The Labute approximate surface area is 224 Å². The van der Waals surface area contributed by atoms with Gasteiger partial charge in [-0.1, -0.05) is 33.6 Å². The van der Waals surface area contributed by atoms with Crippen LogP contribution in [0.25, 0.3) is 0 Å². The number of aliphatic hydroxyl groups excluding tert-OH is 1. The molecule has 1 saturated heterocycles. The van der Waals surface area contributed by atoms with Crippen LogP contribution < -0.4 is 15.8 Å². The molecule has 1 aromatic heterocycles. The van der Waals surface area contributed by atoms with Crippen molar-refractivity contribution in [2.75, 3.05) is 19.4 Å². The van der Waals surface area contributed by atoms with Gasteiger partial charge in [0.05, 0.1) is 24.8 Å². The molecule has 2 heterocycles. The Morgan fingerprint density at radius 3 is 2.70 bits per heavy atom. The summed E-state index contributed by atoms with van der Waals surface area (Å²) in [6.45, 7) is 4.13. The summed E-state index contributed by atoms with van der Waals surface area (Å²) in [6.07, 6.45) is -3.36. The Morgan fingerprint density at radius 2 is 2.08 bits per heavy atom. The normalized spacial score (nSPS) is 25.4. The number of nitrogens with zero attached hydrogens (tertiary/aromatic N) is 1. The predicted molar refractivity (Wildman–Crippen MR) is 135 cm³/mol. The molecule has 2 N–H and O–H groups in total. The van der Waals surface area contributed by atoms with Crippen LogP contribution in [0.4, 0.5) is 4.39 Å². The number of rotatable bonds is 10. The molecule has 0 aliphatic carbocycles. The van der Waals surface area contributed by atoms with E-state index in [1.54, 1.807) is 6.92 Å². The molecule has 0 bridgehead atoms. The molecule has 0 radical (unpaired) electrons. The number of hydrogen-bond donors (Lipinski definition) is 2. The first-order chi connectivity index (χ1) is 17.2. The number of carbonyl (C=O) groups is 1. The van der Waals surface area contributed by atoms with Gasteiger partial charge in [0, 0.05) is 18.3 Å². The van der Waals surface area contributed by atoms with Crippen LogP contribution in [-0.4, -0.2) is 56.0 Å². The van der Waals surface area contributed by atoms with Gasteiger partial charge >= 0.3 is 19.3 Å². The molecule has 204 valence electrons. The number of H-pyrrole nitrogens is 1. The van der Waals surface area contributed by atoms with E-state index in [0.717, 1.165) is 22.9 Å². The molecule has 1 unspecified atom stereocenters. The van der Waals surface area contributed by atoms with E-state index in [2.05, 4.69) is 20.9 Å². The first-order valence-corrected chi connectivity index (χ1v) is 14.0. The number of aromatic nitrogens is 2. The lowest BCUT2D eigenvalue weighted by Gasteiger charge is -2.28. The van der Waals surface area contributed by atoms with Crippen molar-refractivity contribution in [3.8, 4) is 5.75 Å². The molecule has 0 saturated carbocycles. The maximum atomic E-state index is 13.8. The molecule has 3 rings (SSSR count). The van der Waals surface area contributed by atoms with E-state index in [9.17, 15) is 28.4 Å². The summed E-state index contributed by atoms with van der Waals surface area (Å²) in [5.41, 5.74) is -2.81. The van der Waals surface area contributed by atoms with Crippen molar-refractivity contribution in [3.63, 3.8) is 0 Å². The third-order valence-electron chi connectivity index (χ3n) is 5.38. The highest BCUT2D eigenvalue weighted by Crippen LogP contribution is 2.54. The average molecular weight is 628 g/mol. The first kappa shape index (κ1) is 29.5. The summed E-state index contributed by atoms with van der Waals surface area (Å²) in [7, 11) is -4.22. The largest absolute Gasteiger partial charge is 0.466 e. The van der Waals surface area contributed by atoms with Gasteiger partial charge in [0.1, 0.15) is 23.8 Å². The molecule has 37 heavy (non-hydrogen) atoms. The molecule has 1 fully saturated rings. The number of alkyl halides is 2. The van der Waals surface area contributed by atoms with Crippen LogP contribution in [0.5, 0.6) is 5.75 Å². The van der Waals surface area contributed by atoms with Crippen LogP contribution in [0.2, 0.25) is 0 Å². The number of carbonyl (C=O) groups excluding carboxylic acids is 1. The van der Waals surface area contributed by atoms with Gasteiger partial charge in [-0.3, -0.25) is 23.7 Å². The van der Waals surface area contributed by atoms with E-state index < -0.39 is 71.0 Å². The van der Waals surface area contributed by atoms with E-state index in [-0.39, 0.29) is 12.4 Å². The molecule has 11 nitrogen and oxygen atoms in total. The number of esters is 1. The Hall–Kier alpha value is -2.02. The second kappa shape index (κ2) is 11.4. The summed E-state index contributed by atoms with van der Waals surface area (Å²) >= 11 is 9.59. The summed E-state index contributed by atoms with van der Waals surface area (Å²) in [4.78, 5) is 38.2. The van der Waals surface area contributed by atoms with Crippen molar-refractivity contribution in [1.82, 2.24) is 9.55 Å². The lowest BCUT2D eigenvalue weighted by Crippen LogP contribution is -2.41. The molecule has 1 aliphatic heterocycles. The van der Waals surface area contributed by atoms with Gasteiger partial charge in [0.15, 0.2) is 10.0 Å². The van der Waals surface area contributed by atoms with E-state index in [1.807, 2.05) is 0 Å². The van der Waals surface area contributed by atoms with E-state index in [4.69, 9.17) is 30.1 Å². The fourth-order valence-electron chi connectivity index (χ4n) is 3.57. The Morgan fingerprint density at radius 1 is 1.38 bits per heavy atom. The second-order valence-corrected chi connectivity index (χ2v) is 13.3. The third-order valence-corrected chi connectivity index (χ3v) is 8.86. The van der Waals surface area contributed by atoms with Gasteiger partial charge < -0.3 is 19.1 Å². The maximum absolute atomic E-state index is 13.8. The maximum Gasteiger partial charge on any atom is 0.380 e. The number of nitrogens with one attached hydrogen (secondary N) is 1. The lowest BCUT2D eigenvalue weighted by molar-refractivity contribution is -0.152. The number of aliphatic hydroxyl groups is 1. The van der Waals surface area contributed by atoms with Crippen molar-refractivity contribution >= 4 is 41.1 Å². The number of ether oxygens (including phenoxy) is 2. The van der Waals surface area contributed by atoms with Gasteiger partial charge in [0.2, 0.25) is 0 Å². The van der Waals surface area contributed by atoms with Crippen LogP contribution in [0.15, 0.2) is 46.1 Å². The zero-order valence-corrected chi connectivity index (χ0v) is 23.3. The minimum atomic E-state index is -4.22. The van der Waals surface area contributed by atoms with Crippen LogP contribution in [-0.2, 0) is 23.4 Å². The molecule has 2 aromatic rings. The van der Waals surface area contributed by atoms with Crippen LogP contribution in [0, 0.1) is 11.2 Å². The minimum absolute atomic E-state index is 0.0921.